The van der Waals surface area contributed by atoms with Gasteiger partial charge in [0.2, 0.25) is 15.9 Å². The van der Waals surface area contributed by atoms with Gasteiger partial charge < -0.3 is 43.8 Å². The maximum Gasteiger partial charge on any atom is 0.323 e. The first-order chi connectivity index (χ1) is 30.4. The largest absolute Gasteiger partial charge is 0.497 e. The van der Waals surface area contributed by atoms with E-state index in [1.807, 2.05) is 69.3 Å². The lowest BCUT2D eigenvalue weighted by Crippen LogP contribution is -2.30. The third-order valence-corrected chi connectivity index (χ3v) is 12.4. The van der Waals surface area contributed by atoms with Crippen LogP contribution in [0.4, 0.5) is 21.9 Å². The molecule has 0 spiro atoms. The lowest BCUT2D eigenvalue weighted by molar-refractivity contribution is 0.0179. The standard InChI is InChI=1S/C47H59N5O10S/c1-47(2,3)33-29-40(45(58-6)41(30-33)52-63(54,55)36-12-8-7-9-13-36)50-46(53)49-39-16-17-42(38-15-11-10-14-37(38)39)62-44-18-19-48-43(51-44)28-32-26-34(57-5)31-35(27-32)61-25-24-60-23-22-59-21-20-56-4/h10-11,14-19,26-27,29-31,36,52H,7-9,12-13,20-25,28H2,1-6H3,(H2,49,50,53). The molecule has 0 unspecified atom stereocenters. The van der Waals surface area contributed by atoms with E-state index in [4.69, 9.17) is 38.1 Å². The highest BCUT2D eigenvalue weighted by atomic mass is 32.2. The summed E-state index contributed by atoms with van der Waals surface area (Å²) in [7, 11) is 0.985. The highest BCUT2D eigenvalue weighted by Gasteiger charge is 2.30. The zero-order valence-corrected chi connectivity index (χ0v) is 37.8. The number of carbonyl (C=O) groups excluding carboxylic acids is 1. The topological polar surface area (TPSA) is 178 Å². The van der Waals surface area contributed by atoms with E-state index in [1.165, 1.54) is 7.11 Å². The van der Waals surface area contributed by atoms with Crippen LogP contribution in [0.5, 0.6) is 28.9 Å². The molecule has 5 aromatic rings. The molecule has 1 heterocycles. The Morgan fingerprint density at radius 1 is 0.746 bits per heavy atom. The van der Waals surface area contributed by atoms with Gasteiger partial charge in [-0.05, 0) is 65.8 Å². The fourth-order valence-corrected chi connectivity index (χ4v) is 8.82. The molecule has 1 aromatic heterocycles. The number of rotatable bonds is 21. The zero-order chi connectivity index (χ0) is 44.8. The van der Waals surface area contributed by atoms with Crippen LogP contribution in [0.25, 0.3) is 10.8 Å². The molecule has 3 N–H and O–H groups in total. The Morgan fingerprint density at radius 3 is 2.14 bits per heavy atom. The smallest absolute Gasteiger partial charge is 0.323 e. The van der Waals surface area contributed by atoms with Crippen molar-refractivity contribution in [2.45, 2.75) is 70.0 Å². The van der Waals surface area contributed by atoms with Gasteiger partial charge in [-0.1, -0.05) is 64.3 Å². The molecule has 0 saturated heterocycles. The third-order valence-electron chi connectivity index (χ3n) is 10.5. The number of sulfonamides is 1. The minimum absolute atomic E-state index is 0.216. The van der Waals surface area contributed by atoms with Gasteiger partial charge in [0, 0.05) is 42.6 Å². The number of nitrogens with one attached hydrogen (secondary N) is 3. The average Bonchev–Trinajstić information content (AvgIpc) is 3.26. The Labute approximate surface area is 370 Å². The highest BCUT2D eigenvalue weighted by molar-refractivity contribution is 7.93. The normalized spacial score (nSPS) is 13.4. The summed E-state index contributed by atoms with van der Waals surface area (Å²) in [5.41, 5.74) is 2.46. The Morgan fingerprint density at radius 2 is 1.43 bits per heavy atom. The predicted octanol–water partition coefficient (Wildman–Crippen LogP) is 9.10. The number of carbonyl (C=O) groups is 1. The van der Waals surface area contributed by atoms with Crippen molar-refractivity contribution in [3.05, 3.63) is 95.9 Å². The summed E-state index contributed by atoms with van der Waals surface area (Å²) in [5, 5.41) is 6.86. The zero-order valence-electron chi connectivity index (χ0n) is 37.0. The minimum atomic E-state index is -3.70. The number of hydrogen-bond donors (Lipinski definition) is 3. The van der Waals surface area contributed by atoms with Crippen molar-refractivity contribution in [3.8, 4) is 28.9 Å². The van der Waals surface area contributed by atoms with Gasteiger partial charge in [-0.2, -0.15) is 4.98 Å². The minimum Gasteiger partial charge on any atom is -0.497 e. The lowest BCUT2D eigenvalue weighted by atomic mass is 9.86. The number of anilines is 3. The summed E-state index contributed by atoms with van der Waals surface area (Å²) < 4.78 is 69.4. The van der Waals surface area contributed by atoms with E-state index in [9.17, 15) is 13.2 Å². The van der Waals surface area contributed by atoms with Gasteiger partial charge in [0.1, 0.15) is 29.7 Å². The van der Waals surface area contributed by atoms with Crippen molar-refractivity contribution < 1.29 is 46.4 Å². The Bertz CT molecular complexity index is 2420. The summed E-state index contributed by atoms with van der Waals surface area (Å²) in [4.78, 5) is 23.0. The van der Waals surface area contributed by atoms with Crippen molar-refractivity contribution >= 4 is 43.9 Å². The molecule has 0 atom stereocenters. The van der Waals surface area contributed by atoms with Crippen LogP contribution in [0.2, 0.25) is 0 Å². The molecule has 2 amide bonds. The SMILES string of the molecule is COCCOCCOCCOc1cc(Cc2nccc(Oc3ccc(NC(=O)Nc4cc(C(C)(C)C)cc(NS(=O)(=O)C5CCCCC5)c4OC)c4ccccc34)n2)cc(OC)c1. The molecule has 15 nitrogen and oxygen atoms in total. The van der Waals surface area contributed by atoms with Crippen LogP contribution >= 0.6 is 0 Å². The third kappa shape index (κ3) is 13.2. The molecular weight excluding hydrogens is 827 g/mol. The van der Waals surface area contributed by atoms with Gasteiger partial charge in [0.15, 0.2) is 5.75 Å². The Hall–Kier alpha value is -5.68. The second-order valence-electron chi connectivity index (χ2n) is 16.2. The van der Waals surface area contributed by atoms with Crippen molar-refractivity contribution in [2.24, 2.45) is 0 Å². The molecular formula is C47H59N5O10S. The molecule has 0 radical (unpaired) electrons. The van der Waals surface area contributed by atoms with Crippen molar-refractivity contribution in [2.75, 3.05) is 76.3 Å². The van der Waals surface area contributed by atoms with Crippen LogP contribution in [0.1, 0.15) is 69.8 Å². The van der Waals surface area contributed by atoms with Crippen molar-refractivity contribution in [1.29, 1.82) is 0 Å². The highest BCUT2D eigenvalue weighted by Crippen LogP contribution is 2.41. The molecule has 1 saturated carbocycles. The van der Waals surface area contributed by atoms with Crippen LogP contribution in [0.3, 0.4) is 0 Å². The first kappa shape index (κ1) is 46.8. The summed E-state index contributed by atoms with van der Waals surface area (Å²) >= 11 is 0. The number of nitrogens with zero attached hydrogens (tertiary/aromatic N) is 2. The van der Waals surface area contributed by atoms with E-state index >= 15 is 0 Å². The van der Waals surface area contributed by atoms with E-state index < -0.39 is 21.3 Å². The number of hydrogen-bond acceptors (Lipinski definition) is 12. The fourth-order valence-electron chi connectivity index (χ4n) is 7.24. The van der Waals surface area contributed by atoms with E-state index in [1.54, 1.807) is 44.7 Å². The van der Waals surface area contributed by atoms with Gasteiger partial charge in [-0.25, -0.2) is 18.2 Å². The van der Waals surface area contributed by atoms with Crippen molar-refractivity contribution in [3.63, 3.8) is 0 Å². The van der Waals surface area contributed by atoms with Crippen LogP contribution < -0.4 is 34.3 Å². The second-order valence-corrected chi connectivity index (χ2v) is 18.1. The van der Waals surface area contributed by atoms with E-state index in [0.29, 0.717) is 99.2 Å². The number of methoxy groups -OCH3 is 3. The van der Waals surface area contributed by atoms with Gasteiger partial charge in [0.05, 0.1) is 69.6 Å². The molecule has 4 aromatic carbocycles. The summed E-state index contributed by atoms with van der Waals surface area (Å²) in [5.74, 6) is 2.87. The fraction of sp³-hybridized carbons (Fsp3) is 0.426. The lowest BCUT2D eigenvalue weighted by Gasteiger charge is -2.26. The molecule has 6 rings (SSSR count). The van der Waals surface area contributed by atoms with Crippen LogP contribution in [0, 0.1) is 0 Å². The first-order valence-electron chi connectivity index (χ1n) is 21.2. The van der Waals surface area contributed by atoms with E-state index in [0.717, 1.165) is 41.2 Å². The molecule has 16 heteroatoms. The molecule has 1 fully saturated rings. The van der Waals surface area contributed by atoms with Crippen LogP contribution in [-0.2, 0) is 36.1 Å². The number of ether oxygens (including phenoxy) is 7. The van der Waals surface area contributed by atoms with Crippen molar-refractivity contribution in [1.82, 2.24) is 9.97 Å². The maximum absolute atomic E-state index is 13.8. The number of urea groups is 1. The quantitative estimate of drug-likeness (QED) is 0.0597. The Kier molecular flexibility index (Phi) is 16.4. The number of benzene rings is 4. The summed E-state index contributed by atoms with van der Waals surface area (Å²) in [6.45, 7) is 8.83. The molecule has 1 aliphatic rings. The average molecular weight is 886 g/mol. The van der Waals surface area contributed by atoms with Gasteiger partial charge in [-0.3, -0.25) is 4.72 Å². The van der Waals surface area contributed by atoms with Crippen LogP contribution in [0.15, 0.2) is 79.0 Å². The predicted molar refractivity (Wildman–Crippen MR) is 245 cm³/mol. The summed E-state index contributed by atoms with van der Waals surface area (Å²) in [6, 6.07) is 21.4. The van der Waals surface area contributed by atoms with Gasteiger partial charge in [0.25, 0.3) is 0 Å². The summed E-state index contributed by atoms with van der Waals surface area (Å²) in [6.07, 6.45) is 6.01. The van der Waals surface area contributed by atoms with Gasteiger partial charge >= 0.3 is 6.03 Å². The van der Waals surface area contributed by atoms with Crippen LogP contribution in [-0.4, -0.2) is 90.6 Å². The second kappa shape index (κ2) is 22.1. The maximum atomic E-state index is 13.8. The molecule has 63 heavy (non-hydrogen) atoms. The molecule has 0 bridgehead atoms. The first-order valence-corrected chi connectivity index (χ1v) is 22.7. The molecule has 0 aliphatic heterocycles. The van der Waals surface area contributed by atoms with E-state index in [-0.39, 0.29) is 16.9 Å². The number of aromatic nitrogens is 2. The van der Waals surface area contributed by atoms with E-state index in [2.05, 4.69) is 20.3 Å². The van der Waals surface area contributed by atoms with Gasteiger partial charge in [-0.15, -0.1) is 0 Å². The molecule has 1 aliphatic carbocycles. The Balaban J connectivity index is 1.14. The monoisotopic (exact) mass is 885 g/mol. The number of fused-ring (bicyclic) bond motifs is 1. The molecule has 338 valence electrons. The number of amides is 2.